The highest BCUT2D eigenvalue weighted by atomic mass is 35.5. The predicted octanol–water partition coefficient (Wildman–Crippen LogP) is 3.86. The molecule has 0 fully saturated rings. The van der Waals surface area contributed by atoms with Gasteiger partial charge in [-0.05, 0) is 41.8 Å². The van der Waals surface area contributed by atoms with Crippen molar-refractivity contribution in [3.05, 3.63) is 70.2 Å². The molecule has 0 heterocycles. The Balaban J connectivity index is 2.15. The minimum atomic E-state index is -0.376. The zero-order valence-corrected chi connectivity index (χ0v) is 10.3. The van der Waals surface area contributed by atoms with E-state index in [1.807, 2.05) is 0 Å². The lowest BCUT2D eigenvalue weighted by atomic mass is 9.99. The molecular formula is C14H12ClF2N. The van der Waals surface area contributed by atoms with Gasteiger partial charge in [0.2, 0.25) is 0 Å². The van der Waals surface area contributed by atoms with Crippen LogP contribution in [0.25, 0.3) is 0 Å². The molecule has 94 valence electrons. The summed E-state index contributed by atoms with van der Waals surface area (Å²) in [5.74, 6) is -0.676. The molecule has 0 aliphatic carbocycles. The Morgan fingerprint density at radius 1 is 1.00 bits per heavy atom. The van der Waals surface area contributed by atoms with Gasteiger partial charge in [0.15, 0.2) is 0 Å². The fraction of sp³-hybridized carbons (Fsp3) is 0.143. The molecule has 0 bridgehead atoms. The average Bonchev–Trinajstić information content (AvgIpc) is 2.33. The Morgan fingerprint density at radius 2 is 1.61 bits per heavy atom. The molecule has 0 aliphatic rings. The maximum atomic E-state index is 12.9. The van der Waals surface area contributed by atoms with Gasteiger partial charge in [-0.1, -0.05) is 29.8 Å². The van der Waals surface area contributed by atoms with E-state index in [9.17, 15) is 8.78 Å². The summed E-state index contributed by atoms with van der Waals surface area (Å²) in [6.07, 6.45) is 0.477. The molecule has 2 aromatic rings. The van der Waals surface area contributed by atoms with Crippen LogP contribution in [0.15, 0.2) is 42.5 Å². The van der Waals surface area contributed by atoms with E-state index in [1.165, 1.54) is 24.3 Å². The summed E-state index contributed by atoms with van der Waals surface area (Å²) >= 11 is 5.93. The maximum Gasteiger partial charge on any atom is 0.124 e. The number of rotatable bonds is 3. The van der Waals surface area contributed by atoms with Crippen LogP contribution in [0.4, 0.5) is 8.78 Å². The first kappa shape index (κ1) is 13.0. The molecule has 1 unspecified atom stereocenters. The van der Waals surface area contributed by atoms with Crippen LogP contribution in [0.1, 0.15) is 17.2 Å². The number of nitrogens with two attached hydrogens (primary N) is 1. The molecule has 0 saturated heterocycles. The Bertz CT molecular complexity index is 540. The van der Waals surface area contributed by atoms with Gasteiger partial charge in [0.05, 0.1) is 0 Å². The minimum Gasteiger partial charge on any atom is -0.324 e. The molecule has 0 saturated carbocycles. The summed E-state index contributed by atoms with van der Waals surface area (Å²) in [7, 11) is 0. The van der Waals surface area contributed by atoms with E-state index in [4.69, 9.17) is 17.3 Å². The fourth-order valence-corrected chi connectivity index (χ4v) is 2.00. The summed E-state index contributed by atoms with van der Waals surface area (Å²) in [6.45, 7) is 0. The van der Waals surface area contributed by atoms with Gasteiger partial charge >= 0.3 is 0 Å². The van der Waals surface area contributed by atoms with Crippen LogP contribution in [0, 0.1) is 11.6 Å². The standard InChI is InChI=1S/C14H12ClF2N/c15-13-8-12(17)6-3-10(13)7-14(18)9-1-4-11(16)5-2-9/h1-6,8,14H,7,18H2. The van der Waals surface area contributed by atoms with Crippen molar-refractivity contribution in [1.82, 2.24) is 0 Å². The van der Waals surface area contributed by atoms with Crippen LogP contribution >= 0.6 is 11.6 Å². The fourth-order valence-electron chi connectivity index (χ4n) is 1.75. The summed E-state index contributed by atoms with van der Waals surface area (Å²) in [5.41, 5.74) is 7.60. The van der Waals surface area contributed by atoms with Gasteiger partial charge in [-0.25, -0.2) is 8.78 Å². The number of benzene rings is 2. The van der Waals surface area contributed by atoms with Crippen LogP contribution in [-0.2, 0) is 6.42 Å². The highest BCUT2D eigenvalue weighted by Gasteiger charge is 2.10. The first-order valence-corrected chi connectivity index (χ1v) is 5.89. The van der Waals surface area contributed by atoms with Gasteiger partial charge in [-0.15, -0.1) is 0 Å². The molecule has 2 N–H and O–H groups in total. The average molecular weight is 268 g/mol. The highest BCUT2D eigenvalue weighted by Crippen LogP contribution is 2.23. The molecule has 2 aromatic carbocycles. The summed E-state index contributed by atoms with van der Waals surface area (Å²) in [6, 6.07) is 9.92. The number of halogens is 3. The van der Waals surface area contributed by atoms with Crippen molar-refractivity contribution in [2.24, 2.45) is 5.73 Å². The van der Waals surface area contributed by atoms with Crippen molar-refractivity contribution in [2.45, 2.75) is 12.5 Å². The lowest BCUT2D eigenvalue weighted by molar-refractivity contribution is 0.622. The van der Waals surface area contributed by atoms with Gasteiger partial charge in [0.1, 0.15) is 11.6 Å². The van der Waals surface area contributed by atoms with Crippen LogP contribution < -0.4 is 5.73 Å². The Kier molecular flexibility index (Phi) is 3.94. The molecule has 4 heteroatoms. The lowest BCUT2D eigenvalue weighted by Crippen LogP contribution is -2.13. The second-order valence-electron chi connectivity index (χ2n) is 4.10. The van der Waals surface area contributed by atoms with Gasteiger partial charge in [0, 0.05) is 11.1 Å². The van der Waals surface area contributed by atoms with Crippen LogP contribution in [0.5, 0.6) is 0 Å². The van der Waals surface area contributed by atoms with E-state index < -0.39 is 0 Å². The molecule has 0 amide bonds. The molecular weight excluding hydrogens is 256 g/mol. The molecule has 0 aliphatic heterocycles. The number of hydrogen-bond donors (Lipinski definition) is 1. The second-order valence-corrected chi connectivity index (χ2v) is 4.51. The first-order valence-electron chi connectivity index (χ1n) is 5.51. The Hall–Kier alpha value is -1.45. The summed E-state index contributed by atoms with van der Waals surface area (Å²) in [4.78, 5) is 0. The maximum absolute atomic E-state index is 12.9. The van der Waals surface area contributed by atoms with E-state index in [2.05, 4.69) is 0 Å². The third-order valence-corrected chi connectivity index (χ3v) is 3.10. The third kappa shape index (κ3) is 3.06. The van der Waals surface area contributed by atoms with E-state index in [1.54, 1.807) is 18.2 Å². The Labute approximate surface area is 109 Å². The van der Waals surface area contributed by atoms with Crippen molar-refractivity contribution >= 4 is 11.6 Å². The largest absolute Gasteiger partial charge is 0.324 e. The van der Waals surface area contributed by atoms with Gasteiger partial charge in [-0.3, -0.25) is 0 Å². The van der Waals surface area contributed by atoms with Gasteiger partial charge < -0.3 is 5.73 Å². The summed E-state index contributed by atoms with van der Waals surface area (Å²) in [5, 5.41) is 0.354. The van der Waals surface area contributed by atoms with Crippen molar-refractivity contribution in [3.63, 3.8) is 0 Å². The molecule has 0 aromatic heterocycles. The zero-order chi connectivity index (χ0) is 13.1. The molecule has 2 rings (SSSR count). The first-order chi connectivity index (χ1) is 8.56. The molecule has 1 nitrogen and oxygen atoms in total. The quantitative estimate of drug-likeness (QED) is 0.898. The minimum absolute atomic E-state index is 0.298. The zero-order valence-electron chi connectivity index (χ0n) is 9.54. The predicted molar refractivity (Wildman–Crippen MR) is 68.4 cm³/mol. The topological polar surface area (TPSA) is 26.0 Å². The SMILES string of the molecule is NC(Cc1ccc(F)cc1Cl)c1ccc(F)cc1. The lowest BCUT2D eigenvalue weighted by Gasteiger charge is -2.13. The van der Waals surface area contributed by atoms with Gasteiger partial charge in [0.25, 0.3) is 0 Å². The van der Waals surface area contributed by atoms with Crippen molar-refractivity contribution in [3.8, 4) is 0 Å². The summed E-state index contributed by atoms with van der Waals surface area (Å²) < 4.78 is 25.7. The van der Waals surface area contributed by atoms with E-state index in [-0.39, 0.29) is 17.7 Å². The molecule has 1 atom stereocenters. The third-order valence-electron chi connectivity index (χ3n) is 2.75. The second kappa shape index (κ2) is 5.46. The van der Waals surface area contributed by atoms with Crippen LogP contribution in [-0.4, -0.2) is 0 Å². The van der Waals surface area contributed by atoms with Gasteiger partial charge in [-0.2, -0.15) is 0 Å². The normalized spacial score (nSPS) is 12.4. The van der Waals surface area contributed by atoms with Crippen LogP contribution in [0.2, 0.25) is 5.02 Å². The van der Waals surface area contributed by atoms with Crippen molar-refractivity contribution < 1.29 is 8.78 Å². The van der Waals surface area contributed by atoms with Crippen molar-refractivity contribution in [1.29, 1.82) is 0 Å². The van der Waals surface area contributed by atoms with E-state index in [0.29, 0.717) is 11.4 Å². The Morgan fingerprint density at radius 3 is 2.22 bits per heavy atom. The smallest absolute Gasteiger partial charge is 0.124 e. The molecule has 18 heavy (non-hydrogen) atoms. The monoisotopic (exact) mass is 267 g/mol. The molecule has 0 spiro atoms. The molecule has 0 radical (unpaired) electrons. The van der Waals surface area contributed by atoms with E-state index >= 15 is 0 Å². The van der Waals surface area contributed by atoms with E-state index in [0.717, 1.165) is 11.1 Å². The van der Waals surface area contributed by atoms with Crippen LogP contribution in [0.3, 0.4) is 0 Å². The van der Waals surface area contributed by atoms with Crippen molar-refractivity contribution in [2.75, 3.05) is 0 Å². The highest BCUT2D eigenvalue weighted by molar-refractivity contribution is 6.31. The number of hydrogen-bond acceptors (Lipinski definition) is 1.